The summed E-state index contributed by atoms with van der Waals surface area (Å²) in [6, 6.07) is 0. The van der Waals surface area contributed by atoms with Gasteiger partial charge in [-0.1, -0.05) is 32.9 Å². The number of methoxy groups -OCH3 is 1. The predicted molar refractivity (Wildman–Crippen MR) is 76.0 cm³/mol. The van der Waals surface area contributed by atoms with Gasteiger partial charge < -0.3 is 14.2 Å². The Bertz CT molecular complexity index is 286. The van der Waals surface area contributed by atoms with E-state index in [-0.39, 0.29) is 18.5 Å². The van der Waals surface area contributed by atoms with E-state index in [0.717, 1.165) is 18.4 Å². The summed E-state index contributed by atoms with van der Waals surface area (Å²) in [4.78, 5) is 11.9. The van der Waals surface area contributed by atoms with Crippen molar-refractivity contribution in [2.24, 2.45) is 5.92 Å². The first-order valence-electron chi connectivity index (χ1n) is 6.63. The van der Waals surface area contributed by atoms with E-state index in [2.05, 4.69) is 13.2 Å². The molecule has 0 rings (SSSR count). The third kappa shape index (κ3) is 7.80. The molecule has 4 nitrogen and oxygen atoms in total. The van der Waals surface area contributed by atoms with Crippen LogP contribution in [0.1, 0.15) is 26.7 Å². The first-order valence-corrected chi connectivity index (χ1v) is 6.63. The van der Waals surface area contributed by atoms with Gasteiger partial charge in [0.25, 0.3) is 0 Å². The molecule has 0 radical (unpaired) electrons. The largest absolute Gasteiger partial charge is 0.464 e. The number of carbonyl (C=O) groups is 1. The van der Waals surface area contributed by atoms with E-state index in [1.807, 2.05) is 13.8 Å². The van der Waals surface area contributed by atoms with Crippen molar-refractivity contribution in [2.45, 2.75) is 32.8 Å². The van der Waals surface area contributed by atoms with E-state index in [1.165, 1.54) is 0 Å². The highest BCUT2D eigenvalue weighted by Gasteiger charge is 2.25. The van der Waals surface area contributed by atoms with Crippen molar-refractivity contribution in [3.8, 4) is 0 Å². The monoisotopic (exact) mass is 270 g/mol. The van der Waals surface area contributed by atoms with E-state index < -0.39 is 6.10 Å². The number of rotatable bonds is 11. The first kappa shape index (κ1) is 17.9. The minimum absolute atomic E-state index is 0.107. The SMILES string of the molecule is C=C[C@@H](C)[C@H](OCC(=C)COC)C(=O)OCCCC. The van der Waals surface area contributed by atoms with Gasteiger partial charge in [0.2, 0.25) is 0 Å². The van der Waals surface area contributed by atoms with Gasteiger partial charge in [-0.2, -0.15) is 0 Å². The summed E-state index contributed by atoms with van der Waals surface area (Å²) in [5.41, 5.74) is 0.783. The highest BCUT2D eigenvalue weighted by atomic mass is 16.6. The third-order valence-corrected chi connectivity index (χ3v) is 2.64. The van der Waals surface area contributed by atoms with Crippen LogP contribution in [0.3, 0.4) is 0 Å². The topological polar surface area (TPSA) is 44.8 Å². The Morgan fingerprint density at radius 1 is 1.37 bits per heavy atom. The van der Waals surface area contributed by atoms with Gasteiger partial charge in [-0.05, 0) is 12.0 Å². The molecule has 0 aromatic carbocycles. The number of ether oxygens (including phenoxy) is 3. The van der Waals surface area contributed by atoms with Gasteiger partial charge in [0, 0.05) is 13.0 Å². The molecule has 0 aromatic heterocycles. The fourth-order valence-electron chi connectivity index (χ4n) is 1.41. The lowest BCUT2D eigenvalue weighted by Gasteiger charge is -2.21. The molecule has 0 aliphatic rings. The van der Waals surface area contributed by atoms with Crippen molar-refractivity contribution in [3.63, 3.8) is 0 Å². The maximum absolute atomic E-state index is 11.9. The summed E-state index contributed by atoms with van der Waals surface area (Å²) in [6.07, 6.45) is 2.89. The van der Waals surface area contributed by atoms with Gasteiger partial charge in [-0.3, -0.25) is 0 Å². The predicted octanol–water partition coefficient (Wildman–Crippen LogP) is 2.74. The minimum atomic E-state index is -0.636. The second-order valence-corrected chi connectivity index (χ2v) is 4.53. The lowest BCUT2D eigenvalue weighted by atomic mass is 10.1. The van der Waals surface area contributed by atoms with Crippen LogP contribution in [0.2, 0.25) is 0 Å². The van der Waals surface area contributed by atoms with E-state index in [0.29, 0.717) is 13.2 Å². The van der Waals surface area contributed by atoms with Gasteiger partial charge in [-0.25, -0.2) is 4.79 Å². The maximum Gasteiger partial charge on any atom is 0.335 e. The molecule has 0 aromatic rings. The van der Waals surface area contributed by atoms with Crippen molar-refractivity contribution in [3.05, 3.63) is 24.8 Å². The summed E-state index contributed by atoms with van der Waals surface area (Å²) in [6.45, 7) is 12.5. The zero-order chi connectivity index (χ0) is 14.7. The molecule has 0 heterocycles. The molecule has 0 fully saturated rings. The van der Waals surface area contributed by atoms with Gasteiger partial charge in [0.15, 0.2) is 6.10 Å². The molecule has 0 N–H and O–H groups in total. The fourth-order valence-corrected chi connectivity index (χ4v) is 1.41. The van der Waals surface area contributed by atoms with Crippen LogP contribution >= 0.6 is 0 Å². The molecule has 0 aliphatic carbocycles. The van der Waals surface area contributed by atoms with Crippen LogP contribution < -0.4 is 0 Å². The van der Waals surface area contributed by atoms with Crippen LogP contribution in [0.25, 0.3) is 0 Å². The standard InChI is InChI=1S/C15H26O4/c1-6-8-9-18-15(16)14(13(4)7-2)19-11-12(3)10-17-5/h7,13-14H,2-3,6,8-11H2,1,4-5H3/t13-,14+/m1/s1. The molecule has 2 atom stereocenters. The Hall–Kier alpha value is -1.13. The fraction of sp³-hybridized carbons (Fsp3) is 0.667. The Labute approximate surface area is 116 Å². The summed E-state index contributed by atoms with van der Waals surface area (Å²) in [7, 11) is 1.59. The molecule has 4 heteroatoms. The zero-order valence-corrected chi connectivity index (χ0v) is 12.3. The zero-order valence-electron chi connectivity index (χ0n) is 12.3. The average molecular weight is 270 g/mol. The Morgan fingerprint density at radius 3 is 2.58 bits per heavy atom. The van der Waals surface area contributed by atoms with Crippen molar-refractivity contribution >= 4 is 5.97 Å². The van der Waals surface area contributed by atoms with Crippen LogP contribution in [-0.2, 0) is 19.0 Å². The molecule has 0 amide bonds. The van der Waals surface area contributed by atoms with Gasteiger partial charge in [-0.15, -0.1) is 6.58 Å². The van der Waals surface area contributed by atoms with Gasteiger partial charge in [0.1, 0.15) is 0 Å². The lowest BCUT2D eigenvalue weighted by Crippen LogP contribution is -2.33. The molecule has 19 heavy (non-hydrogen) atoms. The minimum Gasteiger partial charge on any atom is -0.464 e. The molecule has 0 saturated carbocycles. The third-order valence-electron chi connectivity index (χ3n) is 2.64. The van der Waals surface area contributed by atoms with E-state index >= 15 is 0 Å². The molecule has 0 saturated heterocycles. The second kappa shape index (κ2) is 10.8. The van der Waals surface area contributed by atoms with E-state index in [9.17, 15) is 4.79 Å². The van der Waals surface area contributed by atoms with Crippen LogP contribution in [0.5, 0.6) is 0 Å². The molecular formula is C15H26O4. The molecule has 0 unspecified atom stereocenters. The highest BCUT2D eigenvalue weighted by molar-refractivity contribution is 5.75. The average Bonchev–Trinajstić information content (AvgIpc) is 2.39. The molecular weight excluding hydrogens is 244 g/mol. The van der Waals surface area contributed by atoms with Crippen molar-refractivity contribution in [2.75, 3.05) is 26.9 Å². The summed E-state index contributed by atoms with van der Waals surface area (Å²) in [5.74, 6) is -0.449. The van der Waals surface area contributed by atoms with Crippen molar-refractivity contribution in [1.29, 1.82) is 0 Å². The molecule has 0 spiro atoms. The van der Waals surface area contributed by atoms with Crippen molar-refractivity contribution < 1.29 is 19.0 Å². The quantitative estimate of drug-likeness (QED) is 0.329. The number of carbonyl (C=O) groups excluding carboxylic acids is 1. The summed E-state index contributed by atoms with van der Waals surface area (Å²) < 4.78 is 15.7. The molecule has 0 bridgehead atoms. The van der Waals surface area contributed by atoms with Crippen LogP contribution in [0.15, 0.2) is 24.8 Å². The first-order chi connectivity index (χ1) is 9.06. The number of esters is 1. The van der Waals surface area contributed by atoms with E-state index in [4.69, 9.17) is 14.2 Å². The van der Waals surface area contributed by atoms with E-state index in [1.54, 1.807) is 13.2 Å². The van der Waals surface area contributed by atoms with Crippen LogP contribution in [0.4, 0.5) is 0 Å². The molecule has 110 valence electrons. The van der Waals surface area contributed by atoms with Crippen molar-refractivity contribution in [1.82, 2.24) is 0 Å². The Balaban J connectivity index is 4.33. The lowest BCUT2D eigenvalue weighted by molar-refractivity contribution is -0.159. The van der Waals surface area contributed by atoms with Gasteiger partial charge >= 0.3 is 5.97 Å². The summed E-state index contributed by atoms with van der Waals surface area (Å²) >= 11 is 0. The Morgan fingerprint density at radius 2 is 2.05 bits per heavy atom. The number of unbranched alkanes of at least 4 members (excludes halogenated alkanes) is 1. The summed E-state index contributed by atoms with van der Waals surface area (Å²) in [5, 5.41) is 0. The normalized spacial score (nSPS) is 13.6. The molecule has 0 aliphatic heterocycles. The number of hydrogen-bond acceptors (Lipinski definition) is 4. The van der Waals surface area contributed by atoms with Gasteiger partial charge in [0.05, 0.1) is 19.8 Å². The number of hydrogen-bond donors (Lipinski definition) is 0. The highest BCUT2D eigenvalue weighted by Crippen LogP contribution is 2.12. The maximum atomic E-state index is 11.9. The second-order valence-electron chi connectivity index (χ2n) is 4.53. The van der Waals surface area contributed by atoms with Crippen LogP contribution in [-0.4, -0.2) is 39.0 Å². The van der Waals surface area contributed by atoms with Crippen LogP contribution in [0, 0.1) is 5.92 Å². The Kier molecular flexibility index (Phi) is 10.1. The smallest absolute Gasteiger partial charge is 0.335 e.